The first-order chi connectivity index (χ1) is 16.5. The minimum Gasteiger partial charge on any atom is -0.495 e. The summed E-state index contributed by atoms with van der Waals surface area (Å²) in [5.74, 6) is -1.43. The monoisotopic (exact) mass is 504 g/mol. The van der Waals surface area contributed by atoms with Gasteiger partial charge in [0.25, 0.3) is 0 Å². The smallest absolute Gasteiger partial charge is 0.244 e. The van der Waals surface area contributed by atoms with Crippen LogP contribution in [0.1, 0.15) is 24.0 Å². The molecule has 11 nitrogen and oxygen atoms in total. The minimum atomic E-state index is -4.17. The van der Waals surface area contributed by atoms with E-state index in [2.05, 4.69) is 15.0 Å². The Hall–Kier alpha value is -3.64. The highest BCUT2D eigenvalue weighted by Crippen LogP contribution is 2.25. The van der Waals surface area contributed by atoms with Crippen LogP contribution in [0.2, 0.25) is 0 Å². The molecule has 0 fully saturated rings. The van der Waals surface area contributed by atoms with Crippen molar-refractivity contribution >= 4 is 27.8 Å². The van der Waals surface area contributed by atoms with Gasteiger partial charge in [0.05, 0.1) is 7.11 Å². The van der Waals surface area contributed by atoms with Crippen LogP contribution in [0.25, 0.3) is 0 Å². The molecule has 0 unspecified atom stereocenters. The SMILES string of the molecule is COc1cc(C)ccc1S(=O)(=O)N[C@@H](CCCN=C(N)N)C(=O)N[C@@H](Cc1ccccc1)C(N)=O. The van der Waals surface area contributed by atoms with Crippen molar-refractivity contribution in [2.24, 2.45) is 22.2 Å². The van der Waals surface area contributed by atoms with Crippen LogP contribution in [0.5, 0.6) is 5.75 Å². The number of carbonyl (C=O) groups is 2. The Morgan fingerprint density at radius 1 is 1.06 bits per heavy atom. The Kier molecular flexibility index (Phi) is 10.0. The number of primary amides is 1. The second-order valence-corrected chi connectivity index (χ2v) is 9.61. The van der Waals surface area contributed by atoms with Gasteiger partial charge in [-0.25, -0.2) is 8.42 Å². The fraction of sp³-hybridized carbons (Fsp3) is 0.348. The number of rotatable bonds is 13. The van der Waals surface area contributed by atoms with Gasteiger partial charge in [-0.3, -0.25) is 14.6 Å². The number of nitrogens with zero attached hydrogens (tertiary/aromatic N) is 1. The number of hydrogen-bond acceptors (Lipinski definition) is 6. The number of benzene rings is 2. The summed E-state index contributed by atoms with van der Waals surface area (Å²) < 4.78 is 34.0. The molecule has 0 radical (unpaired) electrons. The highest BCUT2D eigenvalue weighted by atomic mass is 32.2. The summed E-state index contributed by atoms with van der Waals surface area (Å²) in [6.45, 7) is 1.98. The van der Waals surface area contributed by atoms with Gasteiger partial charge in [-0.2, -0.15) is 4.72 Å². The van der Waals surface area contributed by atoms with Gasteiger partial charge in [-0.05, 0) is 43.0 Å². The number of sulfonamides is 1. The van der Waals surface area contributed by atoms with E-state index in [9.17, 15) is 18.0 Å². The van der Waals surface area contributed by atoms with Crippen LogP contribution in [-0.4, -0.2) is 51.9 Å². The average molecular weight is 505 g/mol. The Bertz CT molecular complexity index is 1150. The molecule has 8 N–H and O–H groups in total. The standard InChI is InChI=1S/C23H32N6O5S/c1-15-10-11-20(19(13-15)34-2)35(32,33)29-17(9-6-12-27-23(25)26)22(31)28-18(21(24)30)14-16-7-4-3-5-8-16/h3-5,7-8,10-11,13,17-18,29H,6,9,12,14H2,1-2H3,(H2,24,30)(H,28,31)(H4,25,26,27)/t17-,18-/m0/s1. The first-order valence-electron chi connectivity index (χ1n) is 10.9. The molecule has 0 saturated carbocycles. The topological polar surface area (TPSA) is 192 Å². The first kappa shape index (κ1) is 27.6. The first-order valence-corrected chi connectivity index (χ1v) is 12.4. The van der Waals surface area contributed by atoms with E-state index in [1.807, 2.05) is 6.07 Å². The molecular formula is C23H32N6O5S. The zero-order valence-electron chi connectivity index (χ0n) is 19.7. The molecule has 0 spiro atoms. The molecule has 2 atom stereocenters. The largest absolute Gasteiger partial charge is 0.495 e. The number of guanidine groups is 1. The van der Waals surface area contributed by atoms with Gasteiger partial charge in [-0.15, -0.1) is 0 Å². The highest BCUT2D eigenvalue weighted by molar-refractivity contribution is 7.89. The maximum absolute atomic E-state index is 13.2. The fourth-order valence-corrected chi connectivity index (χ4v) is 4.72. The molecule has 0 aliphatic carbocycles. The van der Waals surface area contributed by atoms with E-state index in [4.69, 9.17) is 21.9 Å². The molecule has 12 heteroatoms. The van der Waals surface area contributed by atoms with E-state index in [-0.39, 0.29) is 36.0 Å². The van der Waals surface area contributed by atoms with E-state index in [0.717, 1.165) is 11.1 Å². The van der Waals surface area contributed by atoms with Crippen molar-refractivity contribution in [2.75, 3.05) is 13.7 Å². The van der Waals surface area contributed by atoms with E-state index >= 15 is 0 Å². The third kappa shape index (κ3) is 8.58. The molecule has 2 aromatic carbocycles. The maximum Gasteiger partial charge on any atom is 0.244 e. The van der Waals surface area contributed by atoms with E-state index in [1.165, 1.54) is 13.2 Å². The number of carbonyl (C=O) groups excluding carboxylic acids is 2. The van der Waals surface area contributed by atoms with Crippen LogP contribution < -0.4 is 32.0 Å². The predicted octanol–water partition coefficient (Wildman–Crippen LogP) is -0.0831. The van der Waals surface area contributed by atoms with Crippen LogP contribution >= 0.6 is 0 Å². The second kappa shape index (κ2) is 12.7. The Labute approximate surface area is 205 Å². The van der Waals surface area contributed by atoms with Gasteiger partial charge in [-0.1, -0.05) is 36.4 Å². The van der Waals surface area contributed by atoms with Crippen molar-refractivity contribution in [2.45, 2.75) is 43.2 Å². The number of nitrogens with one attached hydrogen (secondary N) is 2. The molecule has 0 aromatic heterocycles. The molecule has 0 aliphatic rings. The number of ether oxygens (including phenoxy) is 1. The summed E-state index contributed by atoms with van der Waals surface area (Å²) in [7, 11) is -2.81. The lowest BCUT2D eigenvalue weighted by molar-refractivity contribution is -0.128. The number of aliphatic imine (C=N–C) groups is 1. The van der Waals surface area contributed by atoms with Gasteiger partial charge in [0.15, 0.2) is 5.96 Å². The van der Waals surface area contributed by atoms with Crippen molar-refractivity contribution in [1.29, 1.82) is 0 Å². The Morgan fingerprint density at radius 3 is 2.34 bits per heavy atom. The summed E-state index contributed by atoms with van der Waals surface area (Å²) in [6, 6.07) is 11.3. The van der Waals surface area contributed by atoms with Crippen molar-refractivity contribution in [3.63, 3.8) is 0 Å². The number of amides is 2. The highest BCUT2D eigenvalue weighted by Gasteiger charge is 2.30. The van der Waals surface area contributed by atoms with Crippen LogP contribution in [-0.2, 0) is 26.0 Å². The van der Waals surface area contributed by atoms with Crippen molar-refractivity contribution < 1.29 is 22.7 Å². The molecule has 0 aliphatic heterocycles. The molecule has 0 bridgehead atoms. The number of aryl methyl sites for hydroxylation is 1. The van der Waals surface area contributed by atoms with E-state index in [1.54, 1.807) is 43.3 Å². The Morgan fingerprint density at radius 2 is 1.74 bits per heavy atom. The van der Waals surface area contributed by atoms with Crippen LogP contribution in [0, 0.1) is 6.92 Å². The molecule has 2 amide bonds. The lowest BCUT2D eigenvalue weighted by atomic mass is 10.0. The van der Waals surface area contributed by atoms with E-state index in [0.29, 0.717) is 6.42 Å². The number of nitrogens with two attached hydrogens (primary N) is 3. The lowest BCUT2D eigenvalue weighted by Gasteiger charge is -2.22. The Balaban J connectivity index is 2.27. The van der Waals surface area contributed by atoms with Crippen molar-refractivity contribution in [3.05, 3.63) is 59.7 Å². The van der Waals surface area contributed by atoms with E-state index < -0.39 is 33.9 Å². The second-order valence-electron chi connectivity index (χ2n) is 7.93. The molecule has 2 aromatic rings. The van der Waals surface area contributed by atoms with Crippen LogP contribution in [0.3, 0.4) is 0 Å². The van der Waals surface area contributed by atoms with Gasteiger partial charge in [0, 0.05) is 13.0 Å². The van der Waals surface area contributed by atoms with Crippen molar-refractivity contribution in [3.8, 4) is 5.75 Å². The van der Waals surface area contributed by atoms with Gasteiger partial charge >= 0.3 is 0 Å². The molecule has 35 heavy (non-hydrogen) atoms. The number of methoxy groups -OCH3 is 1. The summed E-state index contributed by atoms with van der Waals surface area (Å²) in [5.41, 5.74) is 17.8. The molecule has 0 heterocycles. The zero-order chi connectivity index (χ0) is 26.0. The predicted molar refractivity (Wildman–Crippen MR) is 133 cm³/mol. The van der Waals surface area contributed by atoms with Gasteiger partial charge in [0.2, 0.25) is 21.8 Å². The maximum atomic E-state index is 13.2. The summed E-state index contributed by atoms with van der Waals surface area (Å²) >= 11 is 0. The molecule has 0 saturated heterocycles. The van der Waals surface area contributed by atoms with Gasteiger partial charge in [0.1, 0.15) is 22.7 Å². The number of hydrogen-bond donors (Lipinski definition) is 5. The summed E-state index contributed by atoms with van der Waals surface area (Å²) in [5, 5.41) is 2.57. The summed E-state index contributed by atoms with van der Waals surface area (Å²) in [6.07, 6.45) is 0.511. The normalized spacial score (nSPS) is 12.9. The minimum absolute atomic E-state index is 0.0623. The van der Waals surface area contributed by atoms with Crippen LogP contribution in [0.15, 0.2) is 58.4 Å². The third-order valence-electron chi connectivity index (χ3n) is 5.11. The lowest BCUT2D eigenvalue weighted by Crippen LogP contribution is -2.53. The third-order valence-corrected chi connectivity index (χ3v) is 6.62. The average Bonchev–Trinajstić information content (AvgIpc) is 2.80. The molecule has 2 rings (SSSR count). The van der Waals surface area contributed by atoms with Gasteiger partial charge < -0.3 is 27.3 Å². The summed E-state index contributed by atoms with van der Waals surface area (Å²) in [4.78, 5) is 28.9. The molecule has 190 valence electrons. The molecular weight excluding hydrogens is 472 g/mol. The van der Waals surface area contributed by atoms with Crippen LogP contribution in [0.4, 0.5) is 0 Å². The quantitative estimate of drug-likeness (QED) is 0.143. The van der Waals surface area contributed by atoms with Crippen molar-refractivity contribution in [1.82, 2.24) is 10.0 Å². The zero-order valence-corrected chi connectivity index (χ0v) is 20.5. The fourth-order valence-electron chi connectivity index (χ4n) is 3.34.